The van der Waals surface area contributed by atoms with Crippen LogP contribution in [0.1, 0.15) is 30.1 Å². The van der Waals surface area contributed by atoms with E-state index in [0.29, 0.717) is 24.7 Å². The van der Waals surface area contributed by atoms with Gasteiger partial charge in [-0.15, -0.1) is 0 Å². The van der Waals surface area contributed by atoms with Crippen molar-refractivity contribution >= 4 is 0 Å². The van der Waals surface area contributed by atoms with Crippen molar-refractivity contribution in [2.24, 2.45) is 0 Å². The Morgan fingerprint density at radius 1 is 1.33 bits per heavy atom. The van der Waals surface area contributed by atoms with Crippen molar-refractivity contribution < 1.29 is 13.7 Å². The van der Waals surface area contributed by atoms with Crippen LogP contribution in [0.5, 0.6) is 0 Å². The molecule has 3 rings (SSSR count). The summed E-state index contributed by atoms with van der Waals surface area (Å²) in [7, 11) is 0. The van der Waals surface area contributed by atoms with E-state index in [1.165, 1.54) is 12.1 Å². The lowest BCUT2D eigenvalue weighted by Crippen LogP contribution is -2.32. The standard InChI is InChI=1S/C15H18FN3O2/c16-12-3-1-2-11(8-12)9-14-18-15(21-19-14)10-20-13-4-6-17-7-5-13/h1-3,8,13,17H,4-7,9-10H2. The second-order valence-electron chi connectivity index (χ2n) is 5.17. The largest absolute Gasteiger partial charge is 0.368 e. The third kappa shape index (κ3) is 4.09. The van der Waals surface area contributed by atoms with Gasteiger partial charge in [-0.25, -0.2) is 4.39 Å². The van der Waals surface area contributed by atoms with Gasteiger partial charge < -0.3 is 14.6 Å². The molecule has 5 nitrogen and oxygen atoms in total. The first kappa shape index (κ1) is 14.2. The molecule has 6 heteroatoms. The van der Waals surface area contributed by atoms with E-state index in [-0.39, 0.29) is 11.9 Å². The minimum Gasteiger partial charge on any atom is -0.368 e. The van der Waals surface area contributed by atoms with E-state index in [1.807, 2.05) is 6.07 Å². The fourth-order valence-electron chi connectivity index (χ4n) is 2.40. The molecular formula is C15H18FN3O2. The van der Waals surface area contributed by atoms with Gasteiger partial charge in [0.2, 0.25) is 0 Å². The van der Waals surface area contributed by atoms with E-state index in [9.17, 15) is 4.39 Å². The van der Waals surface area contributed by atoms with Crippen LogP contribution in [0.25, 0.3) is 0 Å². The highest BCUT2D eigenvalue weighted by Gasteiger charge is 2.15. The van der Waals surface area contributed by atoms with Gasteiger partial charge in [0.15, 0.2) is 5.82 Å². The lowest BCUT2D eigenvalue weighted by Gasteiger charge is -2.21. The van der Waals surface area contributed by atoms with Crippen LogP contribution in [0.2, 0.25) is 0 Å². The van der Waals surface area contributed by atoms with Crippen LogP contribution in [-0.4, -0.2) is 29.3 Å². The SMILES string of the molecule is Fc1cccc(Cc2noc(COC3CCNCC3)n2)c1. The zero-order chi connectivity index (χ0) is 14.5. The molecule has 0 saturated carbocycles. The minimum absolute atomic E-state index is 0.254. The molecule has 1 aliphatic heterocycles. The Morgan fingerprint density at radius 3 is 3.00 bits per heavy atom. The second kappa shape index (κ2) is 6.78. The summed E-state index contributed by atoms with van der Waals surface area (Å²) in [5.74, 6) is 0.759. The van der Waals surface area contributed by atoms with Crippen LogP contribution >= 0.6 is 0 Å². The smallest absolute Gasteiger partial charge is 0.252 e. The van der Waals surface area contributed by atoms with E-state index in [2.05, 4.69) is 15.5 Å². The van der Waals surface area contributed by atoms with E-state index >= 15 is 0 Å². The summed E-state index contributed by atoms with van der Waals surface area (Å²) in [5.41, 5.74) is 0.821. The molecule has 1 saturated heterocycles. The fraction of sp³-hybridized carbons (Fsp3) is 0.467. The highest BCUT2D eigenvalue weighted by atomic mass is 19.1. The number of nitrogens with zero attached hydrogens (tertiary/aromatic N) is 2. The molecule has 2 heterocycles. The monoisotopic (exact) mass is 291 g/mol. The Morgan fingerprint density at radius 2 is 2.19 bits per heavy atom. The van der Waals surface area contributed by atoms with Crippen LogP contribution in [-0.2, 0) is 17.8 Å². The van der Waals surface area contributed by atoms with Gasteiger partial charge in [0.05, 0.1) is 6.10 Å². The lowest BCUT2D eigenvalue weighted by molar-refractivity contribution is 0.00859. The van der Waals surface area contributed by atoms with Gasteiger partial charge >= 0.3 is 0 Å². The molecule has 1 aromatic carbocycles. The first-order valence-corrected chi connectivity index (χ1v) is 7.18. The molecule has 0 bridgehead atoms. The molecule has 2 aromatic rings. The summed E-state index contributed by atoms with van der Waals surface area (Å²) >= 11 is 0. The fourth-order valence-corrected chi connectivity index (χ4v) is 2.40. The third-order valence-corrected chi connectivity index (χ3v) is 3.49. The molecule has 112 valence electrons. The molecule has 0 amide bonds. The van der Waals surface area contributed by atoms with E-state index < -0.39 is 0 Å². The number of ether oxygens (including phenoxy) is 1. The predicted octanol–water partition coefficient (Wildman–Crippen LogP) is 2.07. The van der Waals surface area contributed by atoms with Crippen LogP contribution in [0.15, 0.2) is 28.8 Å². The number of hydrogen-bond acceptors (Lipinski definition) is 5. The van der Waals surface area contributed by atoms with Crippen LogP contribution in [0, 0.1) is 5.82 Å². The van der Waals surface area contributed by atoms with Crippen LogP contribution in [0.4, 0.5) is 4.39 Å². The highest BCUT2D eigenvalue weighted by Crippen LogP contribution is 2.12. The minimum atomic E-state index is -0.259. The molecule has 0 radical (unpaired) electrons. The van der Waals surface area contributed by atoms with Crippen molar-refractivity contribution in [3.63, 3.8) is 0 Å². The maximum absolute atomic E-state index is 13.1. The van der Waals surface area contributed by atoms with Crippen molar-refractivity contribution in [1.29, 1.82) is 0 Å². The Labute approximate surface area is 122 Å². The third-order valence-electron chi connectivity index (χ3n) is 3.49. The van der Waals surface area contributed by atoms with Gasteiger partial charge in [0.1, 0.15) is 12.4 Å². The number of benzene rings is 1. The lowest BCUT2D eigenvalue weighted by atomic mass is 10.1. The number of rotatable bonds is 5. The Balaban J connectivity index is 1.53. The molecule has 21 heavy (non-hydrogen) atoms. The van der Waals surface area contributed by atoms with Crippen molar-refractivity contribution in [3.05, 3.63) is 47.4 Å². The molecule has 0 unspecified atom stereocenters. The summed E-state index contributed by atoms with van der Waals surface area (Å²) in [6.07, 6.45) is 2.72. The zero-order valence-corrected chi connectivity index (χ0v) is 11.7. The van der Waals surface area contributed by atoms with Crippen molar-refractivity contribution in [2.75, 3.05) is 13.1 Å². The Bertz CT molecular complexity index is 582. The van der Waals surface area contributed by atoms with Gasteiger partial charge in [-0.05, 0) is 43.6 Å². The van der Waals surface area contributed by atoms with E-state index in [1.54, 1.807) is 6.07 Å². The summed E-state index contributed by atoms with van der Waals surface area (Å²) < 4.78 is 24.0. The van der Waals surface area contributed by atoms with Crippen LogP contribution < -0.4 is 5.32 Å². The molecular weight excluding hydrogens is 273 g/mol. The van der Waals surface area contributed by atoms with Crippen molar-refractivity contribution in [2.45, 2.75) is 32.0 Å². The van der Waals surface area contributed by atoms with Gasteiger partial charge in [-0.3, -0.25) is 0 Å². The quantitative estimate of drug-likeness (QED) is 0.914. The van der Waals surface area contributed by atoms with Gasteiger partial charge in [-0.2, -0.15) is 4.98 Å². The molecule has 0 atom stereocenters. The summed E-state index contributed by atoms with van der Waals surface area (Å²) in [5, 5.41) is 7.19. The molecule has 1 aromatic heterocycles. The van der Waals surface area contributed by atoms with Crippen LogP contribution in [0.3, 0.4) is 0 Å². The number of nitrogens with one attached hydrogen (secondary N) is 1. The summed E-state index contributed by atoms with van der Waals surface area (Å²) in [4.78, 5) is 4.28. The maximum Gasteiger partial charge on any atom is 0.252 e. The van der Waals surface area contributed by atoms with Gasteiger partial charge in [-0.1, -0.05) is 17.3 Å². The number of halogens is 1. The summed E-state index contributed by atoms with van der Waals surface area (Å²) in [6, 6.07) is 6.40. The molecule has 1 aliphatic rings. The maximum atomic E-state index is 13.1. The van der Waals surface area contributed by atoms with E-state index in [0.717, 1.165) is 31.5 Å². The molecule has 1 N–H and O–H groups in total. The van der Waals surface area contributed by atoms with Gasteiger partial charge in [0.25, 0.3) is 5.89 Å². The average molecular weight is 291 g/mol. The van der Waals surface area contributed by atoms with Gasteiger partial charge in [0, 0.05) is 6.42 Å². The molecule has 0 spiro atoms. The Hall–Kier alpha value is -1.79. The molecule has 1 fully saturated rings. The Kier molecular flexibility index (Phi) is 4.57. The van der Waals surface area contributed by atoms with E-state index in [4.69, 9.17) is 9.26 Å². The number of piperidine rings is 1. The second-order valence-corrected chi connectivity index (χ2v) is 5.17. The number of hydrogen-bond donors (Lipinski definition) is 1. The normalized spacial score (nSPS) is 16.2. The number of aromatic nitrogens is 2. The first-order valence-electron chi connectivity index (χ1n) is 7.18. The average Bonchev–Trinajstić information content (AvgIpc) is 2.94. The molecule has 0 aliphatic carbocycles. The van der Waals surface area contributed by atoms with Crippen molar-refractivity contribution in [1.82, 2.24) is 15.5 Å². The zero-order valence-electron chi connectivity index (χ0n) is 11.7. The predicted molar refractivity (Wildman–Crippen MR) is 74.2 cm³/mol. The van der Waals surface area contributed by atoms with Crippen molar-refractivity contribution in [3.8, 4) is 0 Å². The first-order chi connectivity index (χ1) is 10.3. The topological polar surface area (TPSA) is 60.2 Å². The summed E-state index contributed by atoms with van der Waals surface area (Å²) in [6.45, 7) is 2.31. The highest BCUT2D eigenvalue weighted by molar-refractivity contribution is 5.19.